The summed E-state index contributed by atoms with van der Waals surface area (Å²) in [5, 5.41) is 3.24. The maximum absolute atomic E-state index is 5.65. The van der Waals surface area contributed by atoms with Gasteiger partial charge in [-0.3, -0.25) is 21.3 Å². The van der Waals surface area contributed by atoms with Crippen molar-refractivity contribution in [1.82, 2.24) is 10.2 Å². The maximum Gasteiger partial charge on any atom is 0.140 e. The van der Waals surface area contributed by atoms with Gasteiger partial charge in [-0.05, 0) is 0 Å². The second-order valence-electron chi connectivity index (χ2n) is 3.27. The van der Waals surface area contributed by atoms with Crippen LogP contribution >= 0.6 is 0 Å². The molecule has 0 aromatic heterocycles. The minimum absolute atomic E-state index is 0.549. The summed E-state index contributed by atoms with van der Waals surface area (Å²) < 4.78 is 0.678. The van der Waals surface area contributed by atoms with E-state index in [1.807, 2.05) is 0 Å². The number of nitrogens with one attached hydrogen (secondary N) is 1. The quantitative estimate of drug-likeness (QED) is 0.351. The van der Waals surface area contributed by atoms with Gasteiger partial charge < -0.3 is 5.73 Å². The second kappa shape index (κ2) is 4.13. The van der Waals surface area contributed by atoms with Crippen molar-refractivity contribution in [2.75, 3.05) is 40.0 Å². The third kappa shape index (κ3) is 1.92. The Morgan fingerprint density at radius 2 is 1.92 bits per heavy atom. The summed E-state index contributed by atoms with van der Waals surface area (Å²) in [6, 6.07) is 0. The topological polar surface area (TPSA) is 93.3 Å². The second-order valence-corrected chi connectivity index (χ2v) is 3.27. The fourth-order valence-corrected chi connectivity index (χ4v) is 1.41. The van der Waals surface area contributed by atoms with Crippen molar-refractivity contribution in [2.24, 2.45) is 17.2 Å². The fraction of sp³-hybridized carbons (Fsp3) is 1.00. The zero-order valence-electron chi connectivity index (χ0n) is 7.37. The van der Waals surface area contributed by atoms with E-state index in [-0.39, 0.29) is 0 Å². The summed E-state index contributed by atoms with van der Waals surface area (Å²) >= 11 is 0. The van der Waals surface area contributed by atoms with Gasteiger partial charge in [0.15, 0.2) is 0 Å². The predicted molar refractivity (Wildman–Crippen MR) is 47.0 cm³/mol. The summed E-state index contributed by atoms with van der Waals surface area (Å²) in [5.74, 6) is 0. The van der Waals surface area contributed by atoms with E-state index in [4.69, 9.17) is 17.2 Å². The highest BCUT2D eigenvalue weighted by molar-refractivity contribution is 4.52. The van der Waals surface area contributed by atoms with Crippen molar-refractivity contribution in [3.63, 3.8) is 0 Å². The van der Waals surface area contributed by atoms with E-state index >= 15 is 0 Å². The number of quaternary nitrogens is 1. The molecule has 1 aliphatic heterocycles. The number of rotatable bonds is 3. The average Bonchev–Trinajstić information content (AvgIpc) is 2.18. The van der Waals surface area contributed by atoms with Crippen molar-refractivity contribution < 1.29 is 4.48 Å². The number of hydrogen-bond donors (Lipinski definition) is 4. The zero-order chi connectivity index (χ0) is 9.03. The Morgan fingerprint density at radius 3 is 2.42 bits per heavy atom. The molecule has 12 heavy (non-hydrogen) atoms. The third-order valence-electron chi connectivity index (χ3n) is 2.32. The van der Waals surface area contributed by atoms with Gasteiger partial charge in [0.2, 0.25) is 0 Å². The Hall–Kier alpha value is -0.240. The van der Waals surface area contributed by atoms with Crippen LogP contribution in [0.4, 0.5) is 0 Å². The van der Waals surface area contributed by atoms with E-state index in [0.717, 1.165) is 20.0 Å². The SMILES string of the molecule is NCN1CNC[N+](CN)(CN)C1. The van der Waals surface area contributed by atoms with Crippen LogP contribution in [0.2, 0.25) is 0 Å². The smallest absolute Gasteiger partial charge is 0.140 e. The molecule has 72 valence electrons. The van der Waals surface area contributed by atoms with Gasteiger partial charge in [-0.2, -0.15) is 0 Å². The predicted octanol–water partition coefficient (Wildman–Crippen LogP) is -2.67. The molecule has 1 aliphatic rings. The first-order valence-corrected chi connectivity index (χ1v) is 4.15. The largest absolute Gasteiger partial charge is 0.318 e. The standard InChI is InChI=1S/C6H19N6/c7-1-11-4-10-5-12(2-8,3-9)6-11/h10H,1-9H2/q+1. The first-order chi connectivity index (χ1) is 5.76. The van der Waals surface area contributed by atoms with E-state index < -0.39 is 0 Å². The third-order valence-corrected chi connectivity index (χ3v) is 2.32. The molecule has 0 aromatic carbocycles. The highest BCUT2D eigenvalue weighted by Crippen LogP contribution is 2.05. The van der Waals surface area contributed by atoms with Gasteiger partial charge in [-0.25, -0.2) is 4.90 Å². The Kier molecular flexibility index (Phi) is 3.39. The number of hydrogen-bond acceptors (Lipinski definition) is 5. The van der Waals surface area contributed by atoms with E-state index in [2.05, 4.69) is 10.2 Å². The number of nitrogens with zero attached hydrogens (tertiary/aromatic N) is 2. The van der Waals surface area contributed by atoms with Crippen molar-refractivity contribution in [3.05, 3.63) is 0 Å². The molecule has 6 nitrogen and oxygen atoms in total. The van der Waals surface area contributed by atoms with Gasteiger partial charge >= 0.3 is 0 Å². The molecule has 0 saturated carbocycles. The van der Waals surface area contributed by atoms with Crippen LogP contribution in [0.5, 0.6) is 0 Å². The molecule has 0 amide bonds. The lowest BCUT2D eigenvalue weighted by Crippen LogP contribution is -2.68. The Bertz CT molecular complexity index is 134. The van der Waals surface area contributed by atoms with Crippen LogP contribution in [0, 0.1) is 0 Å². The van der Waals surface area contributed by atoms with Crippen LogP contribution in [-0.4, -0.2) is 49.4 Å². The molecule has 7 N–H and O–H groups in total. The van der Waals surface area contributed by atoms with E-state index in [1.54, 1.807) is 0 Å². The minimum Gasteiger partial charge on any atom is -0.318 e. The Morgan fingerprint density at radius 1 is 1.25 bits per heavy atom. The van der Waals surface area contributed by atoms with E-state index in [0.29, 0.717) is 24.5 Å². The molecule has 1 fully saturated rings. The van der Waals surface area contributed by atoms with Crippen molar-refractivity contribution >= 4 is 0 Å². The van der Waals surface area contributed by atoms with Crippen LogP contribution in [0.25, 0.3) is 0 Å². The van der Waals surface area contributed by atoms with Crippen LogP contribution in [-0.2, 0) is 0 Å². The maximum atomic E-state index is 5.65. The molecule has 6 heteroatoms. The lowest BCUT2D eigenvalue weighted by Gasteiger charge is -2.43. The molecule has 1 rings (SSSR count). The molecule has 1 saturated heterocycles. The zero-order valence-corrected chi connectivity index (χ0v) is 7.37. The van der Waals surface area contributed by atoms with Gasteiger partial charge in [-0.15, -0.1) is 0 Å². The normalized spacial score (nSPS) is 24.2. The summed E-state index contributed by atoms with van der Waals surface area (Å²) in [7, 11) is 0. The molecule has 1 heterocycles. The summed E-state index contributed by atoms with van der Waals surface area (Å²) in [6.07, 6.45) is 0. The van der Waals surface area contributed by atoms with Crippen molar-refractivity contribution in [2.45, 2.75) is 0 Å². The Balaban J connectivity index is 2.52. The number of nitrogens with two attached hydrogens (primary N) is 3. The molecule has 0 atom stereocenters. The average molecular weight is 175 g/mol. The van der Waals surface area contributed by atoms with Gasteiger partial charge in [0.25, 0.3) is 0 Å². The van der Waals surface area contributed by atoms with Gasteiger partial charge in [-0.1, -0.05) is 0 Å². The fourth-order valence-electron chi connectivity index (χ4n) is 1.41. The summed E-state index contributed by atoms with van der Waals surface area (Å²) in [6.45, 7) is 4.17. The monoisotopic (exact) mass is 175 g/mol. The van der Waals surface area contributed by atoms with Gasteiger partial charge in [0.05, 0.1) is 13.3 Å². The molecule has 0 spiro atoms. The Labute approximate surface area is 72.9 Å². The molecule has 0 aromatic rings. The van der Waals surface area contributed by atoms with E-state index in [9.17, 15) is 0 Å². The molecular weight excluding hydrogens is 156 g/mol. The minimum atomic E-state index is 0.549. The van der Waals surface area contributed by atoms with Crippen molar-refractivity contribution in [1.29, 1.82) is 0 Å². The molecular formula is C6H19N6+. The summed E-state index contributed by atoms with van der Waals surface area (Å²) in [5.41, 5.74) is 16.8. The van der Waals surface area contributed by atoms with Crippen LogP contribution in [0.1, 0.15) is 0 Å². The van der Waals surface area contributed by atoms with Gasteiger partial charge in [0, 0.05) is 0 Å². The first-order valence-electron chi connectivity index (χ1n) is 4.15. The van der Waals surface area contributed by atoms with E-state index in [1.165, 1.54) is 0 Å². The lowest BCUT2D eigenvalue weighted by atomic mass is 10.5. The van der Waals surface area contributed by atoms with Crippen LogP contribution in [0.3, 0.4) is 0 Å². The molecule has 0 unspecified atom stereocenters. The highest BCUT2D eigenvalue weighted by Gasteiger charge is 2.30. The first kappa shape index (κ1) is 9.85. The summed E-state index contributed by atoms with van der Waals surface area (Å²) in [4.78, 5) is 2.09. The highest BCUT2D eigenvalue weighted by atomic mass is 15.6. The van der Waals surface area contributed by atoms with Gasteiger partial charge in [0.1, 0.15) is 26.7 Å². The van der Waals surface area contributed by atoms with Crippen LogP contribution < -0.4 is 22.5 Å². The lowest BCUT2D eigenvalue weighted by molar-refractivity contribution is -0.945. The van der Waals surface area contributed by atoms with Crippen molar-refractivity contribution in [3.8, 4) is 0 Å². The molecule has 0 aliphatic carbocycles. The molecule has 0 radical (unpaired) electrons. The van der Waals surface area contributed by atoms with Crippen LogP contribution in [0.15, 0.2) is 0 Å². The molecule has 0 bridgehead atoms.